The fraction of sp³-hybridized carbons (Fsp3) is 1.00. The first-order chi connectivity index (χ1) is 5.00. The number of hydrogen-bond acceptors (Lipinski definition) is 2. The molecule has 0 radical (unpaired) electrons. The second-order valence-electron chi connectivity index (χ2n) is 1.03. The van der Waals surface area contributed by atoms with Gasteiger partial charge in [-0.1, -0.05) is 0 Å². The van der Waals surface area contributed by atoms with Crippen molar-refractivity contribution < 1.29 is 100 Å². The predicted octanol–water partition coefficient (Wildman–Crippen LogP) is -6.77. The van der Waals surface area contributed by atoms with Crippen LogP contribution in [0.15, 0.2) is 0 Å². The van der Waals surface area contributed by atoms with E-state index in [1.54, 1.807) is 0 Å². The maximum Gasteiger partial charge on any atom is 1.00 e. The molecule has 82 valence electrons. The van der Waals surface area contributed by atoms with Crippen LogP contribution in [0.4, 0.5) is 0 Å². The van der Waals surface area contributed by atoms with Crippen molar-refractivity contribution in [3.05, 3.63) is 0 Å². The van der Waals surface area contributed by atoms with Gasteiger partial charge < -0.3 is 32.2 Å². The number of rotatable bonds is 0. The van der Waals surface area contributed by atoms with E-state index >= 15 is 0 Å². The molecule has 0 saturated carbocycles. The van der Waals surface area contributed by atoms with Gasteiger partial charge in [0.2, 0.25) is 0 Å². The summed E-state index contributed by atoms with van der Waals surface area (Å²) in [7, 11) is -9.28. The van der Waals surface area contributed by atoms with Crippen molar-refractivity contribution in [2.75, 3.05) is 6.38 Å². The van der Waals surface area contributed by atoms with E-state index in [0.29, 0.717) is 0 Å². The van der Waals surface area contributed by atoms with Gasteiger partial charge in [0, 0.05) is 6.38 Å². The van der Waals surface area contributed by atoms with Gasteiger partial charge >= 0.3 is 74.8 Å². The average Bonchev–Trinajstić information content (AvgIpc) is 1.59. The minimum absolute atomic E-state index is 0. The molecule has 6 N–H and O–H groups in total. The molecule has 0 aliphatic heterocycles. The summed E-state index contributed by atoms with van der Waals surface area (Å²) in [5.74, 6) is 0. The number of halogens is 1. The zero-order chi connectivity index (χ0) is 11.0. The van der Waals surface area contributed by atoms with Crippen molar-refractivity contribution in [1.82, 2.24) is 0 Å². The third-order valence-electron chi connectivity index (χ3n) is 0. The molecule has 0 aromatic heterocycles. The standard InChI is InChI=1S/CH3Cl.2Na.2H3O4P.2H/c1-2;;;2*1-5(2,3)4;;/h1H3;;;2*(H3,1,2,3,4);;/q;2*+1;;;2*-1. The van der Waals surface area contributed by atoms with Gasteiger partial charge in [-0.25, -0.2) is 9.13 Å². The third-order valence-corrected chi connectivity index (χ3v) is 0. The molecule has 0 saturated heterocycles. The Morgan fingerprint density at radius 3 is 0.786 bits per heavy atom. The number of alkyl halides is 1. The van der Waals surface area contributed by atoms with Crippen LogP contribution in [0.2, 0.25) is 0 Å². The first kappa shape index (κ1) is 30.0. The molecule has 0 rings (SSSR count). The first-order valence-electron chi connectivity index (χ1n) is 1.94. The molecular weight excluding hydrogens is 283 g/mol. The summed E-state index contributed by atoms with van der Waals surface area (Å²) >= 11 is 4.64. The molecule has 0 aliphatic carbocycles. The number of hydrogen-bond donors (Lipinski definition) is 6. The third kappa shape index (κ3) is 420. The molecule has 0 unspecified atom stereocenters. The summed E-state index contributed by atoms with van der Waals surface area (Å²) in [4.78, 5) is 43.1. The second kappa shape index (κ2) is 15.5. The molecule has 0 atom stereocenters. The van der Waals surface area contributed by atoms with Crippen LogP contribution in [0, 0.1) is 0 Å². The largest absolute Gasteiger partial charge is 1.00 e. The van der Waals surface area contributed by atoms with E-state index in [0.717, 1.165) is 0 Å². The molecule has 0 spiro atoms. The van der Waals surface area contributed by atoms with E-state index in [1.807, 2.05) is 0 Å². The molecule has 13 heteroatoms. The molecular formula is CH11ClNa2O8P2. The summed E-state index contributed by atoms with van der Waals surface area (Å²) in [6.07, 6.45) is 1.47. The van der Waals surface area contributed by atoms with Crippen LogP contribution in [0.3, 0.4) is 0 Å². The molecule has 0 aromatic carbocycles. The summed E-state index contributed by atoms with van der Waals surface area (Å²) in [5, 5.41) is 0. The van der Waals surface area contributed by atoms with Crippen LogP contribution < -0.4 is 59.1 Å². The summed E-state index contributed by atoms with van der Waals surface area (Å²) in [6.45, 7) is 0. The van der Waals surface area contributed by atoms with E-state index in [4.69, 9.17) is 38.5 Å². The Balaban J connectivity index is -0.0000000144. The van der Waals surface area contributed by atoms with Crippen molar-refractivity contribution in [1.29, 1.82) is 0 Å². The SMILES string of the molecule is CCl.O=P(O)(O)O.O=P(O)(O)O.[H-].[H-].[Na+].[Na+]. The van der Waals surface area contributed by atoms with Crippen molar-refractivity contribution in [3.63, 3.8) is 0 Å². The Hall–Kier alpha value is 2.51. The average molecular weight is 294 g/mol. The Labute approximate surface area is 133 Å². The van der Waals surface area contributed by atoms with E-state index in [1.165, 1.54) is 6.38 Å². The minimum Gasteiger partial charge on any atom is -1.00 e. The van der Waals surface area contributed by atoms with Crippen LogP contribution in [0.25, 0.3) is 0 Å². The first-order valence-corrected chi connectivity index (χ1v) is 5.83. The van der Waals surface area contributed by atoms with Gasteiger partial charge in [0.1, 0.15) is 0 Å². The van der Waals surface area contributed by atoms with Gasteiger partial charge in [-0.15, -0.1) is 11.6 Å². The van der Waals surface area contributed by atoms with Crippen LogP contribution in [0.5, 0.6) is 0 Å². The molecule has 0 amide bonds. The molecule has 0 bridgehead atoms. The summed E-state index contributed by atoms with van der Waals surface area (Å²) < 4.78 is 17.8. The number of phosphoric acid groups is 2. The smallest absolute Gasteiger partial charge is 1.00 e. The monoisotopic (exact) mass is 294 g/mol. The van der Waals surface area contributed by atoms with Crippen molar-refractivity contribution in [2.24, 2.45) is 0 Å². The van der Waals surface area contributed by atoms with E-state index in [-0.39, 0.29) is 62.0 Å². The normalized spacial score (nSPS) is 8.86. The maximum absolute atomic E-state index is 8.88. The molecule has 14 heavy (non-hydrogen) atoms. The summed E-state index contributed by atoms with van der Waals surface area (Å²) in [5.41, 5.74) is 0. The van der Waals surface area contributed by atoms with Crippen molar-refractivity contribution in [2.45, 2.75) is 0 Å². The Morgan fingerprint density at radius 1 is 0.786 bits per heavy atom. The van der Waals surface area contributed by atoms with Crippen LogP contribution in [-0.4, -0.2) is 35.7 Å². The maximum atomic E-state index is 8.88. The van der Waals surface area contributed by atoms with Crippen LogP contribution in [-0.2, 0) is 9.13 Å². The Bertz CT molecular complexity index is 146. The fourth-order valence-corrected chi connectivity index (χ4v) is 0. The summed E-state index contributed by atoms with van der Waals surface area (Å²) in [6, 6.07) is 0. The van der Waals surface area contributed by atoms with Crippen molar-refractivity contribution in [3.8, 4) is 0 Å². The van der Waals surface area contributed by atoms with Crippen molar-refractivity contribution >= 4 is 27.2 Å². The molecule has 0 aromatic rings. The Kier molecular flexibility index (Phi) is 33.2. The van der Waals surface area contributed by atoms with Gasteiger partial charge in [0.05, 0.1) is 0 Å². The second-order valence-corrected chi connectivity index (χ2v) is 3.08. The van der Waals surface area contributed by atoms with Gasteiger partial charge in [0.25, 0.3) is 0 Å². The zero-order valence-corrected chi connectivity index (χ0v) is 14.3. The quantitative estimate of drug-likeness (QED) is 0.146. The predicted molar refractivity (Wildman–Crippen MR) is 42.5 cm³/mol. The van der Waals surface area contributed by atoms with E-state index < -0.39 is 15.6 Å². The van der Waals surface area contributed by atoms with Crippen LogP contribution >= 0.6 is 27.2 Å². The topological polar surface area (TPSA) is 156 Å². The van der Waals surface area contributed by atoms with Gasteiger partial charge in [-0.05, 0) is 0 Å². The molecule has 0 aliphatic rings. The fourth-order valence-electron chi connectivity index (χ4n) is 0. The molecule has 0 fully saturated rings. The van der Waals surface area contributed by atoms with E-state index in [2.05, 4.69) is 11.6 Å². The van der Waals surface area contributed by atoms with Gasteiger partial charge in [0.15, 0.2) is 0 Å². The van der Waals surface area contributed by atoms with Crippen LogP contribution in [0.1, 0.15) is 2.85 Å². The van der Waals surface area contributed by atoms with E-state index in [9.17, 15) is 0 Å². The molecule has 0 heterocycles. The zero-order valence-electron chi connectivity index (χ0n) is 9.77. The van der Waals surface area contributed by atoms with Gasteiger partial charge in [-0.2, -0.15) is 0 Å². The minimum atomic E-state index is -4.64. The Morgan fingerprint density at radius 2 is 0.786 bits per heavy atom. The molecule has 8 nitrogen and oxygen atoms in total. The van der Waals surface area contributed by atoms with Gasteiger partial charge in [-0.3, -0.25) is 0 Å².